The average Bonchev–Trinajstić information content (AvgIpc) is 2.98. The van der Waals surface area contributed by atoms with E-state index < -0.39 is 0 Å². The summed E-state index contributed by atoms with van der Waals surface area (Å²) >= 11 is 15.5. The summed E-state index contributed by atoms with van der Waals surface area (Å²) in [5, 5.41) is 7.96. The lowest BCUT2D eigenvalue weighted by Crippen LogP contribution is -2.30. The van der Waals surface area contributed by atoms with Crippen molar-refractivity contribution in [1.29, 1.82) is 0 Å². The Balaban J connectivity index is 0.000000271. The molecular formula is C32H38BrCl2N3O4. The number of rotatable bonds is 11. The standard InChI is InChI=1S/C20H29BrN2O4.C12H9Cl2N/c1-14(24)26-9-5-6-10-27-20(25)15-11-16(19(22)18(21)12-15)13-23-17-7-3-2-4-8-17;13-10-7-4-8-11(14)12(10)15-9-5-2-1-3-6-9/h11-12,17,23H,2-10,13,22H2,1H3;1-8,15H. The summed E-state index contributed by atoms with van der Waals surface area (Å²) in [6.45, 7) is 2.65. The second-order valence-corrected chi connectivity index (χ2v) is 11.7. The quantitative estimate of drug-likeness (QED) is 0.106. The van der Waals surface area contributed by atoms with E-state index in [0.29, 0.717) is 57.8 Å². The molecule has 0 atom stereocenters. The minimum Gasteiger partial charge on any atom is -0.466 e. The van der Waals surface area contributed by atoms with Crippen LogP contribution in [0.2, 0.25) is 10.0 Å². The molecule has 0 aliphatic heterocycles. The van der Waals surface area contributed by atoms with E-state index >= 15 is 0 Å². The van der Waals surface area contributed by atoms with Gasteiger partial charge in [0, 0.05) is 29.7 Å². The Morgan fingerprint density at radius 1 is 0.929 bits per heavy atom. The zero-order valence-corrected chi connectivity index (χ0v) is 26.9. The van der Waals surface area contributed by atoms with Gasteiger partial charge in [0.25, 0.3) is 0 Å². The summed E-state index contributed by atoms with van der Waals surface area (Å²) in [6.07, 6.45) is 7.53. The molecule has 1 aliphatic rings. The number of carbonyl (C=O) groups excluding carboxylic acids is 2. The number of benzene rings is 3. The Morgan fingerprint density at radius 3 is 2.21 bits per heavy atom. The summed E-state index contributed by atoms with van der Waals surface area (Å²) in [5.74, 6) is -0.671. The van der Waals surface area contributed by atoms with Crippen molar-refractivity contribution in [3.8, 4) is 0 Å². The van der Waals surface area contributed by atoms with Gasteiger partial charge in [-0.15, -0.1) is 0 Å². The largest absolute Gasteiger partial charge is 0.466 e. The second kappa shape index (κ2) is 18.0. The van der Waals surface area contributed by atoms with Crippen molar-refractivity contribution < 1.29 is 19.1 Å². The molecule has 0 spiro atoms. The zero-order chi connectivity index (χ0) is 30.3. The number of nitrogen functional groups attached to an aromatic ring is 1. The summed E-state index contributed by atoms with van der Waals surface area (Å²) in [6, 6.07) is 19.2. The third-order valence-electron chi connectivity index (χ3n) is 6.72. The highest BCUT2D eigenvalue weighted by atomic mass is 79.9. The first-order valence-electron chi connectivity index (χ1n) is 14.1. The Hall–Kier alpha value is -2.78. The fraction of sp³-hybridized carbons (Fsp3) is 0.375. The van der Waals surface area contributed by atoms with Gasteiger partial charge in [0.1, 0.15) is 0 Å². The van der Waals surface area contributed by atoms with Gasteiger partial charge >= 0.3 is 11.9 Å². The lowest BCUT2D eigenvalue weighted by Gasteiger charge is -2.23. The molecule has 4 rings (SSSR count). The van der Waals surface area contributed by atoms with Crippen LogP contribution in [0.1, 0.15) is 67.8 Å². The molecule has 0 heterocycles. The van der Waals surface area contributed by atoms with E-state index in [1.165, 1.54) is 39.0 Å². The van der Waals surface area contributed by atoms with Crippen molar-refractivity contribution in [3.05, 3.63) is 86.3 Å². The molecule has 0 radical (unpaired) electrons. The van der Waals surface area contributed by atoms with Gasteiger partial charge in [-0.05, 0) is 83.6 Å². The normalized spacial score (nSPS) is 13.0. The molecule has 42 heavy (non-hydrogen) atoms. The average molecular weight is 679 g/mol. The molecule has 1 aliphatic carbocycles. The van der Waals surface area contributed by atoms with Crippen molar-refractivity contribution >= 4 is 68.1 Å². The van der Waals surface area contributed by atoms with Gasteiger partial charge in [-0.3, -0.25) is 4.79 Å². The Bertz CT molecular complexity index is 1280. The highest BCUT2D eigenvalue weighted by molar-refractivity contribution is 9.10. The smallest absolute Gasteiger partial charge is 0.338 e. The molecule has 0 amide bonds. The summed E-state index contributed by atoms with van der Waals surface area (Å²) in [7, 11) is 0. The molecule has 0 aromatic heterocycles. The number of carbonyl (C=O) groups is 2. The molecule has 0 bridgehead atoms. The number of esters is 2. The maximum Gasteiger partial charge on any atom is 0.338 e. The third kappa shape index (κ3) is 11.5. The van der Waals surface area contributed by atoms with Gasteiger partial charge in [0.15, 0.2) is 0 Å². The summed E-state index contributed by atoms with van der Waals surface area (Å²) < 4.78 is 10.9. The lowest BCUT2D eigenvalue weighted by atomic mass is 9.95. The number of anilines is 3. The van der Waals surface area contributed by atoms with Gasteiger partial charge < -0.3 is 25.8 Å². The van der Waals surface area contributed by atoms with Crippen LogP contribution in [0, 0.1) is 0 Å². The van der Waals surface area contributed by atoms with Crippen LogP contribution in [0.3, 0.4) is 0 Å². The van der Waals surface area contributed by atoms with E-state index in [1.807, 2.05) is 36.4 Å². The van der Waals surface area contributed by atoms with Crippen LogP contribution in [0.15, 0.2) is 65.1 Å². The number of nitrogens with one attached hydrogen (secondary N) is 2. The number of halogens is 3. The topological polar surface area (TPSA) is 103 Å². The maximum atomic E-state index is 12.3. The van der Waals surface area contributed by atoms with Crippen LogP contribution < -0.4 is 16.4 Å². The van der Waals surface area contributed by atoms with E-state index in [2.05, 4.69) is 26.6 Å². The van der Waals surface area contributed by atoms with Crippen molar-refractivity contribution in [2.75, 3.05) is 24.3 Å². The minimum absolute atomic E-state index is 0.289. The lowest BCUT2D eigenvalue weighted by molar-refractivity contribution is -0.141. The van der Waals surface area contributed by atoms with Crippen LogP contribution in [0.4, 0.5) is 17.1 Å². The molecule has 10 heteroatoms. The van der Waals surface area contributed by atoms with Gasteiger partial charge in [0.2, 0.25) is 0 Å². The molecule has 226 valence electrons. The summed E-state index contributed by atoms with van der Waals surface area (Å²) in [4.78, 5) is 23.0. The van der Waals surface area contributed by atoms with E-state index in [9.17, 15) is 9.59 Å². The zero-order valence-electron chi connectivity index (χ0n) is 23.8. The first-order valence-corrected chi connectivity index (χ1v) is 15.7. The van der Waals surface area contributed by atoms with Crippen molar-refractivity contribution in [2.24, 2.45) is 0 Å². The van der Waals surface area contributed by atoms with Gasteiger partial charge in [-0.25, -0.2) is 4.79 Å². The predicted molar refractivity (Wildman–Crippen MR) is 175 cm³/mol. The fourth-order valence-corrected chi connectivity index (χ4v) is 5.44. The number of nitrogens with two attached hydrogens (primary N) is 1. The van der Waals surface area contributed by atoms with Crippen LogP contribution in [0.5, 0.6) is 0 Å². The van der Waals surface area contributed by atoms with Crippen LogP contribution in [0.25, 0.3) is 0 Å². The fourth-order valence-electron chi connectivity index (χ4n) is 4.45. The Labute approximate surface area is 266 Å². The van der Waals surface area contributed by atoms with Gasteiger partial charge in [0.05, 0.1) is 40.2 Å². The first-order chi connectivity index (χ1) is 20.2. The van der Waals surface area contributed by atoms with Gasteiger partial charge in [-0.1, -0.05) is 66.7 Å². The van der Waals surface area contributed by atoms with Crippen LogP contribution >= 0.6 is 39.1 Å². The minimum atomic E-state index is -0.373. The number of unbranched alkanes of at least 4 members (excludes halogenated alkanes) is 1. The number of ether oxygens (including phenoxy) is 2. The number of hydrogen-bond donors (Lipinski definition) is 3. The molecule has 1 fully saturated rings. The van der Waals surface area contributed by atoms with E-state index in [-0.39, 0.29) is 18.5 Å². The number of hydrogen-bond acceptors (Lipinski definition) is 7. The molecule has 0 saturated heterocycles. The molecule has 7 nitrogen and oxygen atoms in total. The molecule has 1 saturated carbocycles. The van der Waals surface area contributed by atoms with E-state index in [4.69, 9.17) is 38.4 Å². The van der Waals surface area contributed by atoms with Crippen molar-refractivity contribution in [3.63, 3.8) is 0 Å². The highest BCUT2D eigenvalue weighted by Crippen LogP contribution is 2.32. The van der Waals surface area contributed by atoms with Crippen LogP contribution in [-0.2, 0) is 20.8 Å². The van der Waals surface area contributed by atoms with Crippen LogP contribution in [-0.4, -0.2) is 31.2 Å². The SMILES string of the molecule is CC(=O)OCCCCOC(=O)c1cc(Br)c(N)c(CNC2CCCCC2)c1.Clc1cccc(Cl)c1Nc1ccccc1. The van der Waals surface area contributed by atoms with E-state index in [0.717, 1.165) is 16.9 Å². The first kappa shape index (κ1) is 33.7. The van der Waals surface area contributed by atoms with Crippen molar-refractivity contribution in [1.82, 2.24) is 5.32 Å². The molecule has 4 N–H and O–H groups in total. The predicted octanol–water partition coefficient (Wildman–Crippen LogP) is 8.69. The summed E-state index contributed by atoms with van der Waals surface area (Å²) in [5.41, 5.74) is 9.91. The van der Waals surface area contributed by atoms with E-state index in [1.54, 1.807) is 24.3 Å². The highest BCUT2D eigenvalue weighted by Gasteiger charge is 2.16. The Kier molecular flexibility index (Phi) is 14.5. The Morgan fingerprint density at radius 2 is 1.57 bits per heavy atom. The third-order valence-corrected chi connectivity index (χ3v) is 8.01. The maximum absolute atomic E-state index is 12.3. The number of para-hydroxylation sites is 2. The van der Waals surface area contributed by atoms with Crippen molar-refractivity contribution in [2.45, 2.75) is 64.5 Å². The van der Waals surface area contributed by atoms with Gasteiger partial charge in [-0.2, -0.15) is 0 Å². The monoisotopic (exact) mass is 677 g/mol. The molecular weight excluding hydrogens is 641 g/mol. The molecule has 0 unspecified atom stereocenters. The molecule has 3 aromatic rings. The second-order valence-electron chi connectivity index (χ2n) is 10.0. The molecule has 3 aromatic carbocycles.